The van der Waals surface area contributed by atoms with Gasteiger partial charge in [-0.25, -0.2) is 0 Å². The average Bonchev–Trinajstić information content (AvgIpc) is 2.48. The predicted molar refractivity (Wildman–Crippen MR) is 83.3 cm³/mol. The van der Waals surface area contributed by atoms with Crippen LogP contribution in [0, 0.1) is 12.8 Å². The summed E-state index contributed by atoms with van der Waals surface area (Å²) in [5.41, 5.74) is 7.69. The summed E-state index contributed by atoms with van der Waals surface area (Å²) in [7, 11) is 0. The van der Waals surface area contributed by atoms with E-state index in [0.717, 1.165) is 10.5 Å². The van der Waals surface area contributed by atoms with E-state index in [1.807, 2.05) is 25.1 Å². The van der Waals surface area contributed by atoms with Gasteiger partial charge in [0.15, 0.2) is 0 Å². The lowest BCUT2D eigenvalue weighted by atomic mass is 9.97. The van der Waals surface area contributed by atoms with Gasteiger partial charge in [0.05, 0.1) is 11.7 Å². The Kier molecular flexibility index (Phi) is 5.12. The molecule has 0 saturated carbocycles. The molecule has 0 bridgehead atoms. The fourth-order valence-corrected chi connectivity index (χ4v) is 3.34. The fourth-order valence-electron chi connectivity index (χ4n) is 2.37. The van der Waals surface area contributed by atoms with Crippen LogP contribution in [0.1, 0.15) is 18.4 Å². The summed E-state index contributed by atoms with van der Waals surface area (Å²) in [5.74, 6) is -0.686. The Labute approximate surface area is 128 Å². The molecule has 5 nitrogen and oxygen atoms in total. The largest absolute Gasteiger partial charge is 0.481 e. The summed E-state index contributed by atoms with van der Waals surface area (Å²) in [4.78, 5) is 25.7. The highest BCUT2D eigenvalue weighted by atomic mass is 32.2. The van der Waals surface area contributed by atoms with Crippen LogP contribution in [0.4, 0.5) is 5.69 Å². The number of carboxylic acids is 1. The number of hydrogen-bond acceptors (Lipinski definition) is 4. The Hall–Kier alpha value is -1.69. The Balaban J connectivity index is 1.85. The molecule has 1 heterocycles. The van der Waals surface area contributed by atoms with Crippen molar-refractivity contribution in [2.75, 3.05) is 24.6 Å². The SMILES string of the molecule is Cc1ccc(N)c(SCC(=O)N2CCC(C(=O)O)CC2)c1. The molecule has 1 aliphatic rings. The minimum absolute atomic E-state index is 0.0461. The summed E-state index contributed by atoms with van der Waals surface area (Å²) in [6.07, 6.45) is 1.08. The molecule has 0 unspecified atom stereocenters. The summed E-state index contributed by atoms with van der Waals surface area (Å²) in [6.45, 7) is 3.04. The number of rotatable bonds is 4. The number of carboxylic acid groups (broad SMARTS) is 1. The predicted octanol–water partition coefficient (Wildman–Crippen LogP) is 1.99. The molecule has 2 rings (SSSR count). The van der Waals surface area contributed by atoms with Crippen LogP contribution in [0.15, 0.2) is 23.1 Å². The highest BCUT2D eigenvalue weighted by molar-refractivity contribution is 8.00. The number of anilines is 1. The number of likely N-dealkylation sites (tertiary alicyclic amines) is 1. The van der Waals surface area contributed by atoms with E-state index in [1.54, 1.807) is 4.90 Å². The number of carbonyl (C=O) groups excluding carboxylic acids is 1. The third kappa shape index (κ3) is 4.14. The first-order valence-corrected chi connectivity index (χ1v) is 7.95. The van der Waals surface area contributed by atoms with E-state index in [-0.39, 0.29) is 11.8 Å². The van der Waals surface area contributed by atoms with Crippen molar-refractivity contribution >= 4 is 29.3 Å². The van der Waals surface area contributed by atoms with Crippen molar-refractivity contribution in [1.82, 2.24) is 4.90 Å². The van der Waals surface area contributed by atoms with Gasteiger partial charge in [-0.2, -0.15) is 0 Å². The minimum atomic E-state index is -0.760. The van der Waals surface area contributed by atoms with E-state index < -0.39 is 5.97 Å². The Morgan fingerprint density at radius 2 is 2.05 bits per heavy atom. The van der Waals surface area contributed by atoms with E-state index in [9.17, 15) is 9.59 Å². The van der Waals surface area contributed by atoms with E-state index in [0.29, 0.717) is 37.4 Å². The number of benzene rings is 1. The zero-order valence-electron chi connectivity index (χ0n) is 12.0. The van der Waals surface area contributed by atoms with Crippen molar-refractivity contribution in [2.24, 2.45) is 5.92 Å². The number of thioether (sulfide) groups is 1. The number of aryl methyl sites for hydroxylation is 1. The Morgan fingerprint density at radius 1 is 1.38 bits per heavy atom. The van der Waals surface area contributed by atoms with Crippen molar-refractivity contribution in [3.63, 3.8) is 0 Å². The number of piperidine rings is 1. The van der Waals surface area contributed by atoms with E-state index in [4.69, 9.17) is 10.8 Å². The highest BCUT2D eigenvalue weighted by Gasteiger charge is 2.26. The molecule has 1 saturated heterocycles. The number of nitrogens with zero attached hydrogens (tertiary/aromatic N) is 1. The van der Waals surface area contributed by atoms with Crippen LogP contribution in [-0.2, 0) is 9.59 Å². The van der Waals surface area contributed by atoms with Crippen LogP contribution in [0.3, 0.4) is 0 Å². The first-order chi connectivity index (χ1) is 9.97. The number of nitrogen functional groups attached to an aromatic ring is 1. The lowest BCUT2D eigenvalue weighted by molar-refractivity contribution is -0.145. The van der Waals surface area contributed by atoms with Crippen LogP contribution in [-0.4, -0.2) is 40.7 Å². The van der Waals surface area contributed by atoms with Crippen LogP contribution in [0.2, 0.25) is 0 Å². The molecule has 1 aromatic rings. The standard InChI is InChI=1S/C15H20N2O3S/c1-10-2-3-12(16)13(8-10)21-9-14(18)17-6-4-11(5-7-17)15(19)20/h2-3,8,11H,4-7,9,16H2,1H3,(H,19,20). The van der Waals surface area contributed by atoms with Crippen LogP contribution in [0.5, 0.6) is 0 Å². The lowest BCUT2D eigenvalue weighted by Gasteiger charge is -2.30. The average molecular weight is 308 g/mol. The van der Waals surface area contributed by atoms with Crippen LogP contribution >= 0.6 is 11.8 Å². The molecule has 1 aromatic carbocycles. The molecule has 114 valence electrons. The maximum Gasteiger partial charge on any atom is 0.306 e. The first-order valence-electron chi connectivity index (χ1n) is 6.97. The minimum Gasteiger partial charge on any atom is -0.481 e. The van der Waals surface area contributed by atoms with Gasteiger partial charge in [0.1, 0.15) is 0 Å². The zero-order valence-corrected chi connectivity index (χ0v) is 12.9. The highest BCUT2D eigenvalue weighted by Crippen LogP contribution is 2.27. The zero-order chi connectivity index (χ0) is 15.4. The van der Waals surface area contributed by atoms with Gasteiger partial charge in [0, 0.05) is 23.7 Å². The van der Waals surface area contributed by atoms with Crippen LogP contribution in [0.25, 0.3) is 0 Å². The molecular weight excluding hydrogens is 288 g/mol. The number of aliphatic carboxylic acids is 1. The smallest absolute Gasteiger partial charge is 0.306 e. The van der Waals surface area contributed by atoms with E-state index >= 15 is 0 Å². The third-order valence-electron chi connectivity index (χ3n) is 3.72. The van der Waals surface area contributed by atoms with Crippen molar-refractivity contribution < 1.29 is 14.7 Å². The van der Waals surface area contributed by atoms with Gasteiger partial charge in [0.2, 0.25) is 5.91 Å². The quantitative estimate of drug-likeness (QED) is 0.656. The van der Waals surface area contributed by atoms with Crippen molar-refractivity contribution in [3.05, 3.63) is 23.8 Å². The Bertz CT molecular complexity index is 540. The summed E-state index contributed by atoms with van der Waals surface area (Å²) >= 11 is 1.44. The molecule has 0 aromatic heterocycles. The number of carbonyl (C=O) groups is 2. The van der Waals surface area contributed by atoms with Gasteiger partial charge in [0.25, 0.3) is 0 Å². The molecule has 0 spiro atoms. The summed E-state index contributed by atoms with van der Waals surface area (Å²) in [6, 6.07) is 5.77. The van der Waals surface area contributed by atoms with E-state index in [1.165, 1.54) is 11.8 Å². The topological polar surface area (TPSA) is 83.6 Å². The Morgan fingerprint density at radius 3 is 2.67 bits per heavy atom. The molecule has 1 aliphatic heterocycles. The molecule has 0 radical (unpaired) electrons. The number of nitrogens with two attached hydrogens (primary N) is 1. The van der Waals surface area contributed by atoms with Crippen LogP contribution < -0.4 is 5.73 Å². The maximum atomic E-state index is 12.2. The summed E-state index contributed by atoms with van der Waals surface area (Å²) in [5, 5.41) is 8.95. The number of amides is 1. The molecule has 0 atom stereocenters. The molecular formula is C15H20N2O3S. The van der Waals surface area contributed by atoms with Crippen molar-refractivity contribution in [2.45, 2.75) is 24.7 Å². The van der Waals surface area contributed by atoms with Crippen molar-refractivity contribution in [3.8, 4) is 0 Å². The number of hydrogen-bond donors (Lipinski definition) is 2. The molecule has 0 aliphatic carbocycles. The summed E-state index contributed by atoms with van der Waals surface area (Å²) < 4.78 is 0. The maximum absolute atomic E-state index is 12.2. The molecule has 1 fully saturated rings. The lowest BCUT2D eigenvalue weighted by Crippen LogP contribution is -2.41. The van der Waals surface area contributed by atoms with E-state index in [2.05, 4.69) is 0 Å². The van der Waals surface area contributed by atoms with Gasteiger partial charge in [-0.05, 0) is 37.5 Å². The monoisotopic (exact) mass is 308 g/mol. The second-order valence-electron chi connectivity index (χ2n) is 5.32. The van der Waals surface area contributed by atoms with Gasteiger partial charge in [-0.1, -0.05) is 6.07 Å². The molecule has 21 heavy (non-hydrogen) atoms. The molecule has 1 amide bonds. The van der Waals surface area contributed by atoms with Gasteiger partial charge < -0.3 is 15.7 Å². The molecule has 3 N–H and O–H groups in total. The third-order valence-corrected chi connectivity index (χ3v) is 4.77. The first kappa shape index (κ1) is 15.7. The second-order valence-corrected chi connectivity index (χ2v) is 6.34. The molecule has 6 heteroatoms. The fraction of sp³-hybridized carbons (Fsp3) is 0.467. The normalized spacial score (nSPS) is 16.0. The van der Waals surface area contributed by atoms with Gasteiger partial charge >= 0.3 is 5.97 Å². The van der Waals surface area contributed by atoms with Gasteiger partial charge in [-0.15, -0.1) is 11.8 Å². The second kappa shape index (κ2) is 6.85. The van der Waals surface area contributed by atoms with Crippen molar-refractivity contribution in [1.29, 1.82) is 0 Å². The van der Waals surface area contributed by atoms with Gasteiger partial charge in [-0.3, -0.25) is 9.59 Å².